The highest BCUT2D eigenvalue weighted by molar-refractivity contribution is 6.64. The van der Waals surface area contributed by atoms with Gasteiger partial charge in [-0.3, -0.25) is 0 Å². The molecule has 122 valence electrons. The number of ether oxygens (including phenoxy) is 4. The summed E-state index contributed by atoms with van der Waals surface area (Å²) in [5, 5.41) is -0.785. The van der Waals surface area contributed by atoms with E-state index in [9.17, 15) is 0 Å². The zero-order valence-electron chi connectivity index (χ0n) is 13.1. The summed E-state index contributed by atoms with van der Waals surface area (Å²) < 4.78 is 40.8. The Morgan fingerprint density at radius 1 is 0.762 bits per heavy atom. The first-order valence-electron chi connectivity index (χ1n) is 7.24. The molecule has 8 heteroatoms. The molecule has 3 unspecified atom stereocenters. The van der Waals surface area contributed by atoms with Crippen molar-refractivity contribution in [3.05, 3.63) is 0 Å². The van der Waals surface area contributed by atoms with E-state index in [4.69, 9.17) is 32.2 Å². The molecular weight excluding hydrogens is 296 g/mol. The van der Waals surface area contributed by atoms with Crippen LogP contribution in [-0.2, 0) is 32.2 Å². The Kier molecular flexibility index (Phi) is 3.95. The molecular formula is C13H24O7Si. The summed E-state index contributed by atoms with van der Waals surface area (Å²) >= 11 is 0. The molecule has 3 heterocycles. The second-order valence-corrected chi connectivity index (χ2v) is 8.72. The van der Waals surface area contributed by atoms with Gasteiger partial charge in [-0.15, -0.1) is 0 Å². The monoisotopic (exact) mass is 320 g/mol. The van der Waals surface area contributed by atoms with E-state index in [1.54, 1.807) is 28.4 Å². The largest absolute Gasteiger partial charge is 0.537 e. The van der Waals surface area contributed by atoms with Gasteiger partial charge in [0.2, 0.25) is 5.79 Å². The lowest BCUT2D eigenvalue weighted by Crippen LogP contribution is -2.88. The van der Waals surface area contributed by atoms with Crippen LogP contribution in [0.5, 0.6) is 0 Å². The summed E-state index contributed by atoms with van der Waals surface area (Å²) in [7, 11) is 3.32. The van der Waals surface area contributed by atoms with Crippen LogP contribution in [0.4, 0.5) is 0 Å². The van der Waals surface area contributed by atoms with Crippen molar-refractivity contribution in [3.8, 4) is 0 Å². The molecule has 0 aromatic rings. The average Bonchev–Trinajstić information content (AvgIpc) is 2.37. The predicted molar refractivity (Wildman–Crippen MR) is 73.7 cm³/mol. The van der Waals surface area contributed by atoms with Gasteiger partial charge in [-0.2, -0.15) is 0 Å². The second kappa shape index (κ2) is 5.24. The van der Waals surface area contributed by atoms with Crippen molar-refractivity contribution in [1.82, 2.24) is 0 Å². The minimum atomic E-state index is -3.11. The minimum Gasteiger partial charge on any atom is -0.375 e. The van der Waals surface area contributed by atoms with Crippen LogP contribution in [0.1, 0.15) is 19.3 Å². The highest BCUT2D eigenvalue weighted by Gasteiger charge is 2.83. The molecule has 0 bridgehead atoms. The molecule has 0 radical (unpaired) electrons. The van der Waals surface area contributed by atoms with Crippen molar-refractivity contribution < 1.29 is 32.2 Å². The lowest BCUT2D eigenvalue weighted by atomic mass is 9.73. The van der Waals surface area contributed by atoms with E-state index in [2.05, 4.69) is 0 Å². The third-order valence-electron chi connectivity index (χ3n) is 5.27. The third kappa shape index (κ3) is 1.62. The quantitative estimate of drug-likeness (QED) is 0.632. The SMILES string of the molecule is COC1(C2(C3([Si](OC)(OC)OC)CCO3)CCO2)CCO1. The van der Waals surface area contributed by atoms with E-state index in [-0.39, 0.29) is 0 Å². The van der Waals surface area contributed by atoms with Crippen molar-refractivity contribution >= 4 is 8.80 Å². The molecule has 0 N–H and O–H groups in total. The number of methoxy groups -OCH3 is 1. The highest BCUT2D eigenvalue weighted by atomic mass is 28.4. The smallest absolute Gasteiger partial charge is 0.375 e. The predicted octanol–water partition coefficient (Wildman–Crippen LogP) is 0.485. The second-order valence-electron chi connectivity index (χ2n) is 5.58. The minimum absolute atomic E-state index is 0.621. The molecule has 0 saturated carbocycles. The molecule has 3 atom stereocenters. The number of hydrogen-bond donors (Lipinski definition) is 0. The Morgan fingerprint density at radius 2 is 1.24 bits per heavy atom. The lowest BCUT2D eigenvalue weighted by molar-refractivity contribution is -0.449. The Balaban J connectivity index is 2.05. The lowest BCUT2D eigenvalue weighted by Gasteiger charge is -2.68. The zero-order chi connectivity index (χ0) is 15.2. The van der Waals surface area contributed by atoms with E-state index < -0.39 is 25.4 Å². The van der Waals surface area contributed by atoms with Gasteiger partial charge in [-0.1, -0.05) is 0 Å². The molecule has 0 spiro atoms. The van der Waals surface area contributed by atoms with E-state index in [1.165, 1.54) is 0 Å². The Bertz CT molecular complexity index is 372. The van der Waals surface area contributed by atoms with Crippen molar-refractivity contribution in [2.75, 3.05) is 48.3 Å². The van der Waals surface area contributed by atoms with Gasteiger partial charge in [-0.25, -0.2) is 0 Å². The Morgan fingerprint density at radius 3 is 1.43 bits per heavy atom. The van der Waals surface area contributed by atoms with Gasteiger partial charge in [0.15, 0.2) is 10.8 Å². The number of rotatable bonds is 7. The highest BCUT2D eigenvalue weighted by Crippen LogP contribution is 2.60. The Hall–Kier alpha value is -0.0631. The molecule has 3 aliphatic rings. The van der Waals surface area contributed by atoms with Gasteiger partial charge >= 0.3 is 8.80 Å². The molecule has 0 aliphatic carbocycles. The van der Waals surface area contributed by atoms with E-state index in [0.29, 0.717) is 19.8 Å². The first-order chi connectivity index (χ1) is 10.1. The molecule has 3 rings (SSSR count). The van der Waals surface area contributed by atoms with E-state index in [0.717, 1.165) is 19.3 Å². The van der Waals surface area contributed by atoms with E-state index in [1.807, 2.05) is 0 Å². The van der Waals surface area contributed by atoms with Gasteiger partial charge < -0.3 is 32.2 Å². The molecule has 7 nitrogen and oxygen atoms in total. The van der Waals surface area contributed by atoms with Crippen LogP contribution in [0.25, 0.3) is 0 Å². The van der Waals surface area contributed by atoms with Crippen LogP contribution in [0.2, 0.25) is 0 Å². The van der Waals surface area contributed by atoms with Crippen LogP contribution in [0.3, 0.4) is 0 Å². The molecule has 0 aromatic heterocycles. The van der Waals surface area contributed by atoms with Gasteiger partial charge in [0.25, 0.3) is 0 Å². The van der Waals surface area contributed by atoms with Gasteiger partial charge in [0.1, 0.15) is 0 Å². The molecule has 0 amide bonds. The van der Waals surface area contributed by atoms with Crippen molar-refractivity contribution in [2.24, 2.45) is 0 Å². The first kappa shape index (κ1) is 15.8. The van der Waals surface area contributed by atoms with E-state index >= 15 is 0 Å². The maximum atomic E-state index is 6.06. The molecule has 3 fully saturated rings. The Labute approximate surface area is 126 Å². The molecule has 0 aromatic carbocycles. The normalized spacial score (nSPS) is 42.9. The fourth-order valence-electron chi connectivity index (χ4n) is 4.02. The first-order valence-corrected chi connectivity index (χ1v) is 8.96. The summed E-state index contributed by atoms with van der Waals surface area (Å²) in [4.78, 5) is 0. The fraction of sp³-hybridized carbons (Fsp3) is 1.00. The van der Waals surface area contributed by atoms with Crippen LogP contribution in [-0.4, -0.2) is 73.7 Å². The van der Waals surface area contributed by atoms with Crippen molar-refractivity contribution in [1.29, 1.82) is 0 Å². The maximum Gasteiger partial charge on any atom is 0.537 e. The standard InChI is InChI=1S/C13H24O7Si/c1-14-12(6-9-19-12)11(5-8-18-11)13(7-10-20-13)21(15-2,16-3)17-4/h5-10H2,1-4H3. The van der Waals surface area contributed by atoms with Gasteiger partial charge in [0.05, 0.1) is 19.8 Å². The zero-order valence-corrected chi connectivity index (χ0v) is 14.1. The van der Waals surface area contributed by atoms with Crippen LogP contribution in [0.15, 0.2) is 0 Å². The maximum absolute atomic E-state index is 6.06. The molecule has 3 aliphatic heterocycles. The topological polar surface area (TPSA) is 64.6 Å². The third-order valence-corrected chi connectivity index (χ3v) is 8.67. The van der Waals surface area contributed by atoms with Gasteiger partial charge in [-0.05, 0) is 0 Å². The molecule has 21 heavy (non-hydrogen) atoms. The van der Waals surface area contributed by atoms with Crippen molar-refractivity contribution in [2.45, 2.75) is 35.9 Å². The van der Waals surface area contributed by atoms with Gasteiger partial charge in [0, 0.05) is 47.7 Å². The number of hydrogen-bond acceptors (Lipinski definition) is 7. The van der Waals surface area contributed by atoms with Crippen LogP contribution < -0.4 is 0 Å². The summed E-state index contributed by atoms with van der Waals surface area (Å²) in [6.45, 7) is 1.91. The van der Waals surface area contributed by atoms with Crippen molar-refractivity contribution in [3.63, 3.8) is 0 Å². The van der Waals surface area contributed by atoms with Crippen LogP contribution in [0, 0.1) is 0 Å². The fourth-order valence-corrected chi connectivity index (χ4v) is 7.08. The van der Waals surface area contributed by atoms with Crippen LogP contribution >= 0.6 is 0 Å². The average molecular weight is 320 g/mol. The summed E-state index contributed by atoms with van der Waals surface area (Å²) in [5.74, 6) is -0.806. The molecule has 3 saturated heterocycles. The summed E-state index contributed by atoms with van der Waals surface area (Å²) in [5.41, 5.74) is -0.737. The summed E-state index contributed by atoms with van der Waals surface area (Å²) in [6.07, 6.45) is 2.27. The summed E-state index contributed by atoms with van der Waals surface area (Å²) in [6, 6.07) is 0.